The number of hydrogen-bond donors (Lipinski definition) is 0. The number of carbonyl (C=O) groups excluding carboxylic acids is 2. The van der Waals surface area contributed by atoms with Crippen molar-refractivity contribution in [1.29, 1.82) is 0 Å². The summed E-state index contributed by atoms with van der Waals surface area (Å²) in [5.74, 6) is 0.911. The maximum atomic E-state index is 12.8. The molecule has 0 aromatic heterocycles. The molecule has 1 fully saturated rings. The summed E-state index contributed by atoms with van der Waals surface area (Å²) in [6, 6.07) is 3.28. The lowest BCUT2D eigenvalue weighted by atomic mass is 9.95. The summed E-state index contributed by atoms with van der Waals surface area (Å²) in [6.45, 7) is 3.63. The molecule has 7 heteroatoms. The number of amides is 2. The van der Waals surface area contributed by atoms with Crippen molar-refractivity contribution >= 4 is 23.4 Å². The van der Waals surface area contributed by atoms with Crippen LogP contribution in [0.1, 0.15) is 36.5 Å². The fourth-order valence-electron chi connectivity index (χ4n) is 3.06. The number of halogens is 1. The number of carbonyl (C=O) groups is 2. The van der Waals surface area contributed by atoms with Crippen LogP contribution < -0.4 is 9.47 Å². The monoisotopic (exact) mass is 382 g/mol. The molecule has 0 saturated carbocycles. The number of piperidine rings is 1. The molecular formula is C19H27ClN2O4. The maximum Gasteiger partial charge on any atom is 0.254 e. The van der Waals surface area contributed by atoms with Crippen LogP contribution in [-0.2, 0) is 4.79 Å². The van der Waals surface area contributed by atoms with Crippen LogP contribution in [-0.4, -0.2) is 62.5 Å². The van der Waals surface area contributed by atoms with Crippen molar-refractivity contribution in [3.63, 3.8) is 0 Å². The minimum absolute atomic E-state index is 0.0167. The number of hydrogen-bond acceptors (Lipinski definition) is 4. The molecule has 1 aromatic rings. The van der Waals surface area contributed by atoms with Crippen LogP contribution in [0, 0.1) is 5.92 Å². The molecule has 0 unspecified atom stereocenters. The van der Waals surface area contributed by atoms with E-state index >= 15 is 0 Å². The van der Waals surface area contributed by atoms with Gasteiger partial charge in [-0.2, -0.15) is 0 Å². The third kappa shape index (κ3) is 4.61. The number of likely N-dealkylation sites (tertiary alicyclic amines) is 1. The van der Waals surface area contributed by atoms with Crippen molar-refractivity contribution in [2.45, 2.75) is 26.2 Å². The highest BCUT2D eigenvalue weighted by Gasteiger charge is 2.29. The standard InChI is InChI=1S/C19H27ClN2O4/c1-5-10-26-17-15(20)11-14(12-16(17)25-4)19(24)22-8-6-13(7-9-22)18(23)21(2)3/h11-13H,5-10H2,1-4H3. The predicted octanol–water partition coefficient (Wildman–Crippen LogP) is 3.08. The fourth-order valence-corrected chi connectivity index (χ4v) is 3.33. The van der Waals surface area contributed by atoms with E-state index in [0.29, 0.717) is 54.6 Å². The average Bonchev–Trinajstić information content (AvgIpc) is 2.65. The van der Waals surface area contributed by atoms with Gasteiger partial charge in [0.15, 0.2) is 11.5 Å². The molecule has 2 rings (SSSR count). The van der Waals surface area contributed by atoms with Crippen LogP contribution in [0.5, 0.6) is 11.5 Å². The first-order chi connectivity index (χ1) is 12.4. The van der Waals surface area contributed by atoms with Gasteiger partial charge in [-0.25, -0.2) is 0 Å². The van der Waals surface area contributed by atoms with Crippen LogP contribution in [0.15, 0.2) is 12.1 Å². The zero-order valence-corrected chi connectivity index (χ0v) is 16.6. The Morgan fingerprint density at radius 2 is 1.92 bits per heavy atom. The molecule has 1 aromatic carbocycles. The summed E-state index contributed by atoms with van der Waals surface area (Å²) >= 11 is 6.31. The van der Waals surface area contributed by atoms with Crippen molar-refractivity contribution in [1.82, 2.24) is 9.80 Å². The first kappa shape index (κ1) is 20.4. The number of ether oxygens (including phenoxy) is 2. The zero-order valence-electron chi connectivity index (χ0n) is 15.9. The first-order valence-corrected chi connectivity index (χ1v) is 9.27. The number of nitrogens with zero attached hydrogens (tertiary/aromatic N) is 2. The van der Waals surface area contributed by atoms with E-state index in [1.807, 2.05) is 6.92 Å². The lowest BCUT2D eigenvalue weighted by Crippen LogP contribution is -2.42. The van der Waals surface area contributed by atoms with E-state index in [1.54, 1.807) is 36.0 Å². The van der Waals surface area contributed by atoms with E-state index < -0.39 is 0 Å². The van der Waals surface area contributed by atoms with Gasteiger partial charge in [-0.3, -0.25) is 9.59 Å². The van der Waals surface area contributed by atoms with Crippen molar-refractivity contribution in [3.8, 4) is 11.5 Å². The minimum atomic E-state index is -0.108. The molecule has 0 bridgehead atoms. The predicted molar refractivity (Wildman–Crippen MR) is 101 cm³/mol. The van der Waals surface area contributed by atoms with Gasteiger partial charge in [-0.15, -0.1) is 0 Å². The summed E-state index contributed by atoms with van der Waals surface area (Å²) in [4.78, 5) is 28.3. The Morgan fingerprint density at radius 3 is 2.46 bits per heavy atom. The highest BCUT2D eigenvalue weighted by molar-refractivity contribution is 6.32. The number of benzene rings is 1. The molecule has 0 spiro atoms. The van der Waals surface area contributed by atoms with Gasteiger partial charge >= 0.3 is 0 Å². The van der Waals surface area contributed by atoms with Gasteiger partial charge in [-0.1, -0.05) is 18.5 Å². The second-order valence-corrected chi connectivity index (χ2v) is 7.04. The third-order valence-corrected chi connectivity index (χ3v) is 4.78. The quantitative estimate of drug-likeness (QED) is 0.758. The Morgan fingerprint density at radius 1 is 1.27 bits per heavy atom. The molecule has 0 radical (unpaired) electrons. The van der Waals surface area contributed by atoms with Crippen LogP contribution in [0.2, 0.25) is 5.02 Å². The Kier molecular flexibility index (Phi) is 7.14. The highest BCUT2D eigenvalue weighted by atomic mass is 35.5. The van der Waals surface area contributed by atoms with Gasteiger partial charge in [0.25, 0.3) is 5.91 Å². The molecule has 6 nitrogen and oxygen atoms in total. The van der Waals surface area contributed by atoms with Crippen molar-refractivity contribution in [2.75, 3.05) is 40.9 Å². The molecule has 1 heterocycles. The van der Waals surface area contributed by atoms with Crippen molar-refractivity contribution in [2.24, 2.45) is 5.92 Å². The maximum absolute atomic E-state index is 12.8. The summed E-state index contributed by atoms with van der Waals surface area (Å²) in [5, 5.41) is 0.360. The van der Waals surface area contributed by atoms with Crippen molar-refractivity contribution in [3.05, 3.63) is 22.7 Å². The van der Waals surface area contributed by atoms with E-state index in [4.69, 9.17) is 21.1 Å². The molecule has 26 heavy (non-hydrogen) atoms. The molecule has 1 saturated heterocycles. The molecule has 2 amide bonds. The Bertz CT molecular complexity index is 655. The van der Waals surface area contributed by atoms with Crippen LogP contribution in [0.4, 0.5) is 0 Å². The topological polar surface area (TPSA) is 59.1 Å². The number of methoxy groups -OCH3 is 1. The van der Waals surface area contributed by atoms with E-state index in [0.717, 1.165) is 6.42 Å². The van der Waals surface area contributed by atoms with E-state index in [2.05, 4.69) is 0 Å². The SMILES string of the molecule is CCCOc1c(Cl)cc(C(=O)N2CCC(C(=O)N(C)C)CC2)cc1OC. The van der Waals surface area contributed by atoms with E-state index in [1.165, 1.54) is 7.11 Å². The van der Waals surface area contributed by atoms with E-state index in [-0.39, 0.29) is 17.7 Å². The molecule has 0 aliphatic carbocycles. The Hall–Kier alpha value is -1.95. The second-order valence-electron chi connectivity index (χ2n) is 6.64. The first-order valence-electron chi connectivity index (χ1n) is 8.89. The Labute approximate surface area is 160 Å². The van der Waals surface area contributed by atoms with Crippen LogP contribution in [0.3, 0.4) is 0 Å². The molecule has 0 N–H and O–H groups in total. The lowest BCUT2D eigenvalue weighted by molar-refractivity contribution is -0.134. The zero-order chi connectivity index (χ0) is 19.3. The number of rotatable bonds is 6. The molecule has 1 aliphatic heterocycles. The van der Waals surface area contributed by atoms with Gasteiger partial charge in [0.05, 0.1) is 18.7 Å². The third-order valence-electron chi connectivity index (χ3n) is 4.50. The fraction of sp³-hybridized carbons (Fsp3) is 0.579. The Balaban J connectivity index is 2.10. The normalized spacial score (nSPS) is 14.9. The van der Waals surface area contributed by atoms with Crippen molar-refractivity contribution < 1.29 is 19.1 Å². The van der Waals surface area contributed by atoms with Gasteiger partial charge in [0, 0.05) is 38.7 Å². The lowest BCUT2D eigenvalue weighted by Gasteiger charge is -2.32. The average molecular weight is 383 g/mol. The highest BCUT2D eigenvalue weighted by Crippen LogP contribution is 2.37. The molecular weight excluding hydrogens is 356 g/mol. The summed E-state index contributed by atoms with van der Waals surface area (Å²) in [7, 11) is 5.05. The molecule has 1 aliphatic rings. The van der Waals surface area contributed by atoms with Crippen LogP contribution in [0.25, 0.3) is 0 Å². The van der Waals surface area contributed by atoms with Gasteiger partial charge < -0.3 is 19.3 Å². The largest absolute Gasteiger partial charge is 0.493 e. The minimum Gasteiger partial charge on any atom is -0.493 e. The van der Waals surface area contributed by atoms with Gasteiger partial charge in [0.1, 0.15) is 0 Å². The molecule has 144 valence electrons. The van der Waals surface area contributed by atoms with Gasteiger partial charge in [-0.05, 0) is 31.4 Å². The summed E-state index contributed by atoms with van der Waals surface area (Å²) in [5.41, 5.74) is 0.466. The van der Waals surface area contributed by atoms with Crippen LogP contribution >= 0.6 is 11.6 Å². The summed E-state index contributed by atoms with van der Waals surface area (Å²) < 4.78 is 11.0. The van der Waals surface area contributed by atoms with E-state index in [9.17, 15) is 9.59 Å². The summed E-state index contributed by atoms with van der Waals surface area (Å²) in [6.07, 6.45) is 2.19. The smallest absolute Gasteiger partial charge is 0.254 e. The van der Waals surface area contributed by atoms with Gasteiger partial charge in [0.2, 0.25) is 5.91 Å². The second kappa shape index (κ2) is 9.12. The molecule has 0 atom stereocenters.